The molecule has 2 heterocycles. The minimum absolute atomic E-state index is 0.221. The summed E-state index contributed by atoms with van der Waals surface area (Å²) >= 11 is 0. The monoisotopic (exact) mass is 441 g/mol. The molecule has 0 spiro atoms. The Labute approximate surface area is 188 Å². The topological polar surface area (TPSA) is 113 Å². The fourth-order valence-electron chi connectivity index (χ4n) is 3.25. The highest BCUT2D eigenvalue weighted by molar-refractivity contribution is 5.66. The number of nitrogens with one attached hydrogen (secondary N) is 1. The van der Waals surface area contributed by atoms with Gasteiger partial charge in [0.1, 0.15) is 0 Å². The van der Waals surface area contributed by atoms with E-state index >= 15 is 0 Å². The number of nitrogen functional groups attached to an aromatic ring is 1. The molecule has 3 rings (SSSR count). The van der Waals surface area contributed by atoms with E-state index in [4.69, 9.17) is 19.9 Å². The van der Waals surface area contributed by atoms with E-state index in [-0.39, 0.29) is 5.95 Å². The normalized spacial score (nSPS) is 10.9. The van der Waals surface area contributed by atoms with Crippen molar-refractivity contribution in [3.05, 3.63) is 36.5 Å². The van der Waals surface area contributed by atoms with Gasteiger partial charge in [0.25, 0.3) is 0 Å². The van der Waals surface area contributed by atoms with Gasteiger partial charge in [-0.2, -0.15) is 9.67 Å². The van der Waals surface area contributed by atoms with E-state index in [1.165, 1.54) is 4.68 Å². The molecule has 0 fully saturated rings. The zero-order chi connectivity index (χ0) is 22.9. The molecule has 3 aromatic rings. The molecular formula is C22H31N7O3. The summed E-state index contributed by atoms with van der Waals surface area (Å²) in [7, 11) is 3.18. The fourth-order valence-corrected chi connectivity index (χ4v) is 3.25. The molecule has 172 valence electrons. The molecule has 0 atom stereocenters. The lowest BCUT2D eigenvalue weighted by molar-refractivity contribution is 0.235. The van der Waals surface area contributed by atoms with Crippen molar-refractivity contribution in [3.8, 4) is 23.1 Å². The van der Waals surface area contributed by atoms with Crippen LogP contribution >= 0.6 is 0 Å². The van der Waals surface area contributed by atoms with Crippen LogP contribution in [0.15, 0.2) is 36.5 Å². The lowest BCUT2D eigenvalue weighted by Crippen LogP contribution is -2.25. The number of anilines is 3. The summed E-state index contributed by atoms with van der Waals surface area (Å²) in [5.74, 6) is 2.78. The van der Waals surface area contributed by atoms with E-state index in [1.807, 2.05) is 12.1 Å². The first-order valence-electron chi connectivity index (χ1n) is 10.6. The zero-order valence-corrected chi connectivity index (χ0v) is 19.0. The number of pyridine rings is 1. The Morgan fingerprint density at radius 3 is 2.41 bits per heavy atom. The number of methoxy groups -OCH3 is 2. The van der Waals surface area contributed by atoms with Gasteiger partial charge in [0, 0.05) is 30.6 Å². The molecule has 0 bridgehead atoms. The second-order valence-corrected chi connectivity index (χ2v) is 6.96. The number of rotatable bonds is 12. The number of hydrogen-bond donors (Lipinski definition) is 2. The Hall–Kier alpha value is -3.53. The van der Waals surface area contributed by atoms with E-state index in [0.717, 1.165) is 26.1 Å². The van der Waals surface area contributed by atoms with Crippen molar-refractivity contribution in [3.63, 3.8) is 0 Å². The maximum absolute atomic E-state index is 6.01. The predicted octanol–water partition coefficient (Wildman–Crippen LogP) is 3.12. The Bertz CT molecular complexity index is 965. The van der Waals surface area contributed by atoms with Gasteiger partial charge in [-0.25, -0.2) is 4.98 Å². The quantitative estimate of drug-likeness (QED) is 0.409. The standard InChI is InChI=1S/C22H31N7O3/c1-5-28(6-2)12-9-13-32-20-17(30-3)14-16(15-18(20)31-4)25-22-26-21(23)29(27-22)19-10-7-8-11-24-19/h7-8,10-11,14-15H,5-6,9,12-13H2,1-4H3,(H3,23,25,26,27). The van der Waals surface area contributed by atoms with Gasteiger partial charge in [-0.05, 0) is 31.6 Å². The van der Waals surface area contributed by atoms with Gasteiger partial charge < -0.3 is 30.2 Å². The molecule has 2 aromatic heterocycles. The minimum Gasteiger partial charge on any atom is -0.493 e. The Morgan fingerprint density at radius 1 is 1.09 bits per heavy atom. The molecule has 0 unspecified atom stereocenters. The predicted molar refractivity (Wildman–Crippen MR) is 124 cm³/mol. The number of nitrogens with zero attached hydrogens (tertiary/aromatic N) is 5. The molecule has 32 heavy (non-hydrogen) atoms. The van der Waals surface area contributed by atoms with E-state index < -0.39 is 0 Å². The molecule has 0 aliphatic rings. The van der Waals surface area contributed by atoms with Crippen LogP contribution in [0.5, 0.6) is 17.2 Å². The molecular weight excluding hydrogens is 410 g/mol. The molecule has 0 amide bonds. The summed E-state index contributed by atoms with van der Waals surface area (Å²) in [6.45, 7) is 7.90. The third kappa shape index (κ3) is 5.58. The first-order chi connectivity index (χ1) is 15.6. The lowest BCUT2D eigenvalue weighted by atomic mass is 10.2. The minimum atomic E-state index is 0.221. The largest absolute Gasteiger partial charge is 0.493 e. The van der Waals surface area contributed by atoms with Crippen molar-refractivity contribution >= 4 is 17.6 Å². The van der Waals surface area contributed by atoms with Gasteiger partial charge in [-0.15, -0.1) is 5.10 Å². The van der Waals surface area contributed by atoms with Gasteiger partial charge in [0.2, 0.25) is 17.6 Å². The summed E-state index contributed by atoms with van der Waals surface area (Å²) in [6, 6.07) is 9.08. The Morgan fingerprint density at radius 2 is 1.81 bits per heavy atom. The highest BCUT2D eigenvalue weighted by atomic mass is 16.5. The maximum Gasteiger partial charge on any atom is 0.248 e. The van der Waals surface area contributed by atoms with Crippen molar-refractivity contribution in [2.45, 2.75) is 20.3 Å². The van der Waals surface area contributed by atoms with Crippen LogP contribution < -0.4 is 25.3 Å². The lowest BCUT2D eigenvalue weighted by Gasteiger charge is -2.19. The highest BCUT2D eigenvalue weighted by Gasteiger charge is 2.16. The van der Waals surface area contributed by atoms with Crippen LogP contribution in [0.3, 0.4) is 0 Å². The molecule has 3 N–H and O–H groups in total. The first kappa shape index (κ1) is 23.1. The number of benzene rings is 1. The van der Waals surface area contributed by atoms with Gasteiger partial charge in [-0.1, -0.05) is 19.9 Å². The smallest absolute Gasteiger partial charge is 0.248 e. The average molecular weight is 442 g/mol. The second-order valence-electron chi connectivity index (χ2n) is 6.96. The van der Waals surface area contributed by atoms with Gasteiger partial charge in [0.15, 0.2) is 17.3 Å². The van der Waals surface area contributed by atoms with Crippen LogP contribution in [0.4, 0.5) is 17.6 Å². The van der Waals surface area contributed by atoms with Crippen molar-refractivity contribution in [2.24, 2.45) is 0 Å². The van der Waals surface area contributed by atoms with E-state index in [0.29, 0.717) is 41.3 Å². The SMILES string of the molecule is CCN(CC)CCCOc1c(OC)cc(Nc2nc(N)n(-c3ccccn3)n2)cc1OC. The fraction of sp³-hybridized carbons (Fsp3) is 0.409. The van der Waals surface area contributed by atoms with Gasteiger partial charge in [0.05, 0.1) is 20.8 Å². The Kier molecular flexibility index (Phi) is 8.09. The van der Waals surface area contributed by atoms with Crippen molar-refractivity contribution in [1.82, 2.24) is 24.6 Å². The third-order valence-corrected chi connectivity index (χ3v) is 4.97. The number of nitrogens with two attached hydrogens (primary N) is 1. The van der Waals surface area contributed by atoms with Crippen LogP contribution in [0, 0.1) is 0 Å². The molecule has 1 aromatic carbocycles. The average Bonchev–Trinajstić information content (AvgIpc) is 3.19. The van der Waals surface area contributed by atoms with Gasteiger partial charge in [-0.3, -0.25) is 0 Å². The van der Waals surface area contributed by atoms with Crippen LogP contribution in [0.2, 0.25) is 0 Å². The molecule has 0 saturated heterocycles. The molecule has 0 saturated carbocycles. The first-order valence-corrected chi connectivity index (χ1v) is 10.6. The van der Waals surface area contributed by atoms with E-state index in [2.05, 4.69) is 39.1 Å². The molecule has 10 nitrogen and oxygen atoms in total. The highest BCUT2D eigenvalue weighted by Crippen LogP contribution is 2.41. The summed E-state index contributed by atoms with van der Waals surface area (Å²) in [4.78, 5) is 10.9. The number of hydrogen-bond acceptors (Lipinski definition) is 9. The summed E-state index contributed by atoms with van der Waals surface area (Å²) < 4.78 is 18.6. The Balaban J connectivity index is 1.74. The molecule has 0 aliphatic heterocycles. The second kappa shape index (κ2) is 11.2. The van der Waals surface area contributed by atoms with E-state index in [1.54, 1.807) is 38.6 Å². The van der Waals surface area contributed by atoms with Crippen LogP contribution in [0.1, 0.15) is 20.3 Å². The zero-order valence-electron chi connectivity index (χ0n) is 19.0. The summed E-state index contributed by atoms with van der Waals surface area (Å²) in [5, 5.41) is 7.53. The maximum atomic E-state index is 6.01. The van der Waals surface area contributed by atoms with Crippen LogP contribution in [-0.2, 0) is 0 Å². The van der Waals surface area contributed by atoms with E-state index in [9.17, 15) is 0 Å². The van der Waals surface area contributed by atoms with Crippen LogP contribution in [0.25, 0.3) is 5.82 Å². The molecule has 0 radical (unpaired) electrons. The van der Waals surface area contributed by atoms with Crippen molar-refractivity contribution in [1.29, 1.82) is 0 Å². The van der Waals surface area contributed by atoms with Gasteiger partial charge >= 0.3 is 0 Å². The van der Waals surface area contributed by atoms with Crippen LogP contribution in [-0.4, -0.2) is 65.1 Å². The summed E-state index contributed by atoms with van der Waals surface area (Å²) in [5.41, 5.74) is 6.68. The summed E-state index contributed by atoms with van der Waals surface area (Å²) in [6.07, 6.45) is 2.57. The van der Waals surface area contributed by atoms with Crippen molar-refractivity contribution < 1.29 is 14.2 Å². The number of aromatic nitrogens is 4. The molecule has 10 heteroatoms. The third-order valence-electron chi connectivity index (χ3n) is 4.97. The van der Waals surface area contributed by atoms with Crippen molar-refractivity contribution in [2.75, 3.05) is 51.5 Å². The molecule has 0 aliphatic carbocycles. The number of ether oxygens (including phenoxy) is 3.